The van der Waals surface area contributed by atoms with Crippen molar-refractivity contribution in [3.63, 3.8) is 0 Å². The molecule has 3 nitrogen and oxygen atoms in total. The van der Waals surface area contributed by atoms with Gasteiger partial charge in [0.15, 0.2) is 5.78 Å². The van der Waals surface area contributed by atoms with Gasteiger partial charge in [0.2, 0.25) is 0 Å². The third-order valence-electron chi connectivity index (χ3n) is 3.57. The highest BCUT2D eigenvalue weighted by atomic mass is 16.1. The Labute approximate surface area is 119 Å². The summed E-state index contributed by atoms with van der Waals surface area (Å²) in [7, 11) is 0. The minimum absolute atomic E-state index is 0.0972. The molecule has 1 aromatic carbocycles. The number of rotatable bonds is 5. The fourth-order valence-electron chi connectivity index (χ4n) is 2.49. The molecule has 0 atom stereocenters. The first-order valence-electron chi connectivity index (χ1n) is 6.75. The molecule has 0 aliphatic carbocycles. The van der Waals surface area contributed by atoms with Gasteiger partial charge in [0.05, 0.1) is 11.8 Å². The normalized spacial score (nSPS) is 10.2. The lowest BCUT2D eigenvalue weighted by Gasteiger charge is -2.02. The van der Waals surface area contributed by atoms with E-state index in [1.54, 1.807) is 0 Å². The van der Waals surface area contributed by atoms with Crippen molar-refractivity contribution in [2.45, 2.75) is 33.1 Å². The molecule has 1 heterocycles. The van der Waals surface area contributed by atoms with Crippen molar-refractivity contribution in [2.75, 3.05) is 0 Å². The molecule has 102 valence electrons. The smallest absolute Gasteiger partial charge is 0.183 e. The van der Waals surface area contributed by atoms with E-state index in [4.69, 9.17) is 5.26 Å². The highest BCUT2D eigenvalue weighted by molar-refractivity contribution is 5.97. The summed E-state index contributed by atoms with van der Waals surface area (Å²) in [5, 5.41) is 8.69. The Bertz CT molecular complexity index is 648. The largest absolute Gasteiger partial charge is 0.356 e. The van der Waals surface area contributed by atoms with Crippen molar-refractivity contribution >= 4 is 5.78 Å². The van der Waals surface area contributed by atoms with Crippen molar-refractivity contribution in [1.29, 1.82) is 5.26 Å². The quantitative estimate of drug-likeness (QED) is 0.842. The van der Waals surface area contributed by atoms with Crippen LogP contribution in [0.3, 0.4) is 0 Å². The molecule has 0 aliphatic rings. The van der Waals surface area contributed by atoms with Gasteiger partial charge in [0, 0.05) is 18.5 Å². The second-order valence-electron chi connectivity index (χ2n) is 4.97. The minimum Gasteiger partial charge on any atom is -0.356 e. The molecule has 2 aromatic rings. The van der Waals surface area contributed by atoms with Crippen molar-refractivity contribution in [2.24, 2.45) is 0 Å². The molecule has 0 amide bonds. The highest BCUT2D eigenvalue weighted by Crippen LogP contribution is 2.21. The van der Waals surface area contributed by atoms with Crippen molar-refractivity contribution in [3.05, 3.63) is 58.4 Å². The molecule has 0 aliphatic heterocycles. The Morgan fingerprint density at radius 3 is 2.60 bits per heavy atom. The summed E-state index contributed by atoms with van der Waals surface area (Å²) < 4.78 is 0. The van der Waals surface area contributed by atoms with Crippen molar-refractivity contribution in [3.8, 4) is 6.07 Å². The van der Waals surface area contributed by atoms with Gasteiger partial charge in [0.25, 0.3) is 0 Å². The number of ketones is 1. The van der Waals surface area contributed by atoms with Crippen LogP contribution in [0.15, 0.2) is 30.3 Å². The van der Waals surface area contributed by atoms with Crippen molar-refractivity contribution in [1.82, 2.24) is 4.98 Å². The number of Topliss-reactive ketones (excluding diaryl/α,β-unsaturated/α-hetero) is 1. The lowest BCUT2D eigenvalue weighted by Crippen LogP contribution is -2.05. The Kier molecular flexibility index (Phi) is 4.37. The maximum Gasteiger partial charge on any atom is 0.183 e. The molecule has 0 radical (unpaired) electrons. The molecule has 1 N–H and O–H groups in total. The predicted molar refractivity (Wildman–Crippen MR) is 78.7 cm³/mol. The van der Waals surface area contributed by atoms with Crippen LogP contribution >= 0.6 is 0 Å². The van der Waals surface area contributed by atoms with Gasteiger partial charge in [-0.2, -0.15) is 5.26 Å². The van der Waals surface area contributed by atoms with E-state index in [1.165, 1.54) is 0 Å². The molecule has 1 aromatic heterocycles. The third kappa shape index (κ3) is 2.97. The van der Waals surface area contributed by atoms with Crippen LogP contribution in [0.25, 0.3) is 0 Å². The number of nitrogens with zero attached hydrogens (tertiary/aromatic N) is 1. The second kappa shape index (κ2) is 6.21. The molecule has 0 saturated heterocycles. The number of H-pyrrole nitrogens is 1. The van der Waals surface area contributed by atoms with Crippen molar-refractivity contribution < 1.29 is 4.79 Å². The van der Waals surface area contributed by atoms with E-state index in [0.717, 1.165) is 22.4 Å². The van der Waals surface area contributed by atoms with Crippen LogP contribution in [0.2, 0.25) is 0 Å². The molecular weight excluding hydrogens is 248 g/mol. The van der Waals surface area contributed by atoms with Crippen LogP contribution in [0.4, 0.5) is 0 Å². The zero-order valence-corrected chi connectivity index (χ0v) is 11.9. The van der Waals surface area contributed by atoms with Crippen LogP contribution < -0.4 is 0 Å². The molecule has 20 heavy (non-hydrogen) atoms. The summed E-state index contributed by atoms with van der Waals surface area (Å²) in [6, 6.07) is 11.9. The van der Waals surface area contributed by atoms with Gasteiger partial charge in [-0.15, -0.1) is 0 Å². The fourth-order valence-corrected chi connectivity index (χ4v) is 2.49. The predicted octanol–water partition coefficient (Wildman–Crippen LogP) is 3.51. The number of hydrogen-bond acceptors (Lipinski definition) is 2. The summed E-state index contributed by atoms with van der Waals surface area (Å²) in [6.07, 6.45) is 1.58. The Balaban J connectivity index is 2.21. The van der Waals surface area contributed by atoms with Crippen LogP contribution in [0, 0.1) is 25.2 Å². The van der Waals surface area contributed by atoms with Gasteiger partial charge in [-0.25, -0.2) is 0 Å². The Morgan fingerprint density at radius 2 is 1.95 bits per heavy atom. The van der Waals surface area contributed by atoms with Gasteiger partial charge in [-0.1, -0.05) is 30.3 Å². The summed E-state index contributed by atoms with van der Waals surface area (Å²) in [6.45, 7) is 3.91. The van der Waals surface area contributed by atoms with Gasteiger partial charge in [-0.3, -0.25) is 4.79 Å². The SMILES string of the molecule is Cc1[nH]c(C(=O)Cc2ccccc2)c(C)c1CCC#N. The summed E-state index contributed by atoms with van der Waals surface area (Å²) in [4.78, 5) is 15.6. The molecule has 0 bridgehead atoms. The minimum atomic E-state index is 0.0972. The topological polar surface area (TPSA) is 56.6 Å². The molecule has 0 unspecified atom stereocenters. The third-order valence-corrected chi connectivity index (χ3v) is 3.57. The number of carbonyl (C=O) groups is 1. The summed E-state index contributed by atoms with van der Waals surface area (Å²) in [5.41, 5.74) is 4.78. The number of nitriles is 1. The summed E-state index contributed by atoms with van der Waals surface area (Å²) in [5.74, 6) is 0.0972. The number of benzene rings is 1. The van der Waals surface area contributed by atoms with Gasteiger partial charge in [0.1, 0.15) is 0 Å². The average Bonchev–Trinajstić information content (AvgIpc) is 2.73. The maximum absolute atomic E-state index is 12.4. The van der Waals surface area contributed by atoms with E-state index < -0.39 is 0 Å². The molecule has 3 heteroatoms. The standard InChI is InChI=1S/C17H18N2O/c1-12-15(9-6-10-18)13(2)19-17(12)16(20)11-14-7-4-3-5-8-14/h3-5,7-8,19H,6,9,11H2,1-2H3. The number of nitrogens with one attached hydrogen (secondary N) is 1. The Morgan fingerprint density at radius 1 is 1.25 bits per heavy atom. The zero-order valence-electron chi connectivity index (χ0n) is 11.9. The van der Waals surface area contributed by atoms with E-state index in [-0.39, 0.29) is 5.78 Å². The van der Waals surface area contributed by atoms with Gasteiger partial charge in [-0.05, 0) is 37.0 Å². The van der Waals surface area contributed by atoms with E-state index in [9.17, 15) is 4.79 Å². The Hall–Kier alpha value is -2.34. The zero-order chi connectivity index (χ0) is 14.5. The molecule has 2 rings (SSSR count). The van der Waals surface area contributed by atoms with E-state index in [0.29, 0.717) is 25.0 Å². The first-order chi connectivity index (χ1) is 9.63. The number of aryl methyl sites for hydroxylation is 1. The number of aromatic nitrogens is 1. The first-order valence-corrected chi connectivity index (χ1v) is 6.75. The lowest BCUT2D eigenvalue weighted by molar-refractivity contribution is 0.0988. The fraction of sp³-hybridized carbons (Fsp3) is 0.294. The lowest BCUT2D eigenvalue weighted by atomic mass is 10.0. The van der Waals surface area contributed by atoms with Gasteiger partial charge < -0.3 is 4.98 Å². The molecular formula is C17H18N2O. The van der Waals surface area contributed by atoms with Crippen LogP contribution in [0.5, 0.6) is 0 Å². The number of carbonyl (C=O) groups excluding carboxylic acids is 1. The van der Waals surface area contributed by atoms with E-state index >= 15 is 0 Å². The number of hydrogen-bond donors (Lipinski definition) is 1. The van der Waals surface area contributed by atoms with E-state index in [2.05, 4.69) is 11.1 Å². The summed E-state index contributed by atoms with van der Waals surface area (Å²) >= 11 is 0. The highest BCUT2D eigenvalue weighted by Gasteiger charge is 2.17. The molecule has 0 spiro atoms. The van der Waals surface area contributed by atoms with Crippen LogP contribution in [-0.2, 0) is 12.8 Å². The number of aromatic amines is 1. The molecule has 0 saturated carbocycles. The monoisotopic (exact) mass is 266 g/mol. The maximum atomic E-state index is 12.4. The van der Waals surface area contributed by atoms with Crippen LogP contribution in [0.1, 0.15) is 39.3 Å². The average molecular weight is 266 g/mol. The second-order valence-corrected chi connectivity index (χ2v) is 4.97. The van der Waals surface area contributed by atoms with Crippen LogP contribution in [-0.4, -0.2) is 10.8 Å². The van der Waals surface area contributed by atoms with Gasteiger partial charge >= 0.3 is 0 Å². The van der Waals surface area contributed by atoms with E-state index in [1.807, 2.05) is 44.2 Å². The molecule has 0 fully saturated rings. The first kappa shape index (κ1) is 14.1.